The van der Waals surface area contributed by atoms with Crippen LogP contribution in [0.5, 0.6) is 0 Å². The lowest BCUT2D eigenvalue weighted by molar-refractivity contribution is -0.205. The topological polar surface area (TPSA) is 95.6 Å². The van der Waals surface area contributed by atoms with Crippen LogP contribution in [0.3, 0.4) is 0 Å². The summed E-state index contributed by atoms with van der Waals surface area (Å²) in [5.74, 6) is -2.70. The number of carbonyl (C=O) groups excluding carboxylic acids is 1. The van der Waals surface area contributed by atoms with Crippen molar-refractivity contribution in [3.63, 3.8) is 0 Å². The van der Waals surface area contributed by atoms with Crippen LogP contribution in [0.4, 0.5) is 4.79 Å². The van der Waals surface area contributed by atoms with Gasteiger partial charge in [-0.2, -0.15) is 0 Å². The Morgan fingerprint density at radius 1 is 1.60 bits per heavy atom. The minimum Gasteiger partial charge on any atom is -0.352 e. The van der Waals surface area contributed by atoms with Gasteiger partial charge in [0, 0.05) is 5.92 Å². The van der Waals surface area contributed by atoms with Crippen molar-refractivity contribution < 1.29 is 15.0 Å². The van der Waals surface area contributed by atoms with E-state index in [2.05, 4.69) is 5.73 Å². The molecular weight excluding hydrogens is 136 g/mol. The van der Waals surface area contributed by atoms with Crippen LogP contribution >= 0.6 is 0 Å². The van der Waals surface area contributed by atoms with Gasteiger partial charge in [0.05, 0.1) is 0 Å². The van der Waals surface area contributed by atoms with Crippen molar-refractivity contribution >= 4 is 6.03 Å². The van der Waals surface area contributed by atoms with Crippen molar-refractivity contribution in [2.24, 2.45) is 11.7 Å². The van der Waals surface area contributed by atoms with E-state index in [-0.39, 0.29) is 0 Å². The minimum atomic E-state index is -2.20. The second-order valence-electron chi connectivity index (χ2n) is 2.37. The minimum absolute atomic E-state index is 0.500. The highest BCUT2D eigenvalue weighted by molar-refractivity contribution is 5.72. The zero-order valence-corrected chi connectivity index (χ0v) is 5.96. The number of nitrogens with two attached hydrogens (primary N) is 1. The molecule has 60 valence electrons. The molecule has 0 rings (SSSR count). The smallest absolute Gasteiger partial charge is 0.316 e. The number of urea groups is 1. The molecule has 0 fully saturated rings. The van der Waals surface area contributed by atoms with Crippen LogP contribution in [-0.2, 0) is 0 Å². The molecule has 0 aliphatic carbocycles. The Kier molecular flexibility index (Phi) is 2.62. The molecule has 0 bridgehead atoms. The maximum Gasteiger partial charge on any atom is 0.316 e. The SMILES string of the molecule is CC(C)C(O)(O)NC(N)=O. The van der Waals surface area contributed by atoms with Gasteiger partial charge in [-0.25, -0.2) is 4.79 Å². The van der Waals surface area contributed by atoms with Gasteiger partial charge in [-0.05, 0) is 0 Å². The van der Waals surface area contributed by atoms with Crippen LogP contribution in [0.25, 0.3) is 0 Å². The summed E-state index contributed by atoms with van der Waals surface area (Å²) in [6.45, 7) is 3.08. The number of hydrogen-bond donors (Lipinski definition) is 4. The molecule has 2 amide bonds. The molecule has 0 saturated heterocycles. The number of amides is 2. The highest BCUT2D eigenvalue weighted by atomic mass is 16.5. The molecule has 0 aromatic rings. The lowest BCUT2D eigenvalue weighted by Crippen LogP contribution is -2.54. The number of hydrogen-bond acceptors (Lipinski definition) is 3. The third-order valence-electron chi connectivity index (χ3n) is 1.11. The maximum atomic E-state index is 10.1. The predicted octanol–water partition coefficient (Wildman–Crippen LogP) is -1.05. The Bertz CT molecular complexity index is 133. The molecule has 10 heavy (non-hydrogen) atoms. The Labute approximate surface area is 58.8 Å². The van der Waals surface area contributed by atoms with Crippen LogP contribution in [-0.4, -0.2) is 22.2 Å². The molecule has 0 aliphatic heterocycles. The Balaban J connectivity index is 3.99. The van der Waals surface area contributed by atoms with Crippen LogP contribution in [0, 0.1) is 5.92 Å². The van der Waals surface area contributed by atoms with E-state index >= 15 is 0 Å². The summed E-state index contributed by atoms with van der Waals surface area (Å²) in [6.07, 6.45) is 0. The first-order valence-corrected chi connectivity index (χ1v) is 2.88. The van der Waals surface area contributed by atoms with Crippen molar-refractivity contribution in [2.45, 2.75) is 19.8 Å². The number of primary amides is 1. The van der Waals surface area contributed by atoms with Crippen molar-refractivity contribution in [1.29, 1.82) is 0 Å². The molecule has 5 nitrogen and oxygen atoms in total. The van der Waals surface area contributed by atoms with Crippen LogP contribution in [0.2, 0.25) is 0 Å². The fraction of sp³-hybridized carbons (Fsp3) is 0.800. The summed E-state index contributed by atoms with van der Waals surface area (Å²) in [4.78, 5) is 10.1. The number of carbonyl (C=O) groups is 1. The molecule has 0 spiro atoms. The molecule has 0 aliphatic rings. The Morgan fingerprint density at radius 3 is 2.10 bits per heavy atom. The first-order valence-electron chi connectivity index (χ1n) is 2.88. The summed E-state index contributed by atoms with van der Waals surface area (Å²) in [5.41, 5.74) is 4.65. The quantitative estimate of drug-likeness (QED) is 0.376. The molecule has 0 aromatic carbocycles. The van der Waals surface area contributed by atoms with Gasteiger partial charge in [0.1, 0.15) is 0 Å². The summed E-state index contributed by atoms with van der Waals surface area (Å²) in [6, 6.07) is -0.960. The third-order valence-corrected chi connectivity index (χ3v) is 1.11. The zero-order valence-electron chi connectivity index (χ0n) is 5.96. The normalized spacial score (nSPS) is 11.7. The predicted molar refractivity (Wildman–Crippen MR) is 34.7 cm³/mol. The van der Waals surface area contributed by atoms with Crippen molar-refractivity contribution in [3.8, 4) is 0 Å². The Morgan fingerprint density at radius 2 is 2.00 bits per heavy atom. The van der Waals surface area contributed by atoms with Gasteiger partial charge in [0.2, 0.25) is 5.91 Å². The van der Waals surface area contributed by atoms with Crippen LogP contribution in [0.1, 0.15) is 13.8 Å². The van der Waals surface area contributed by atoms with E-state index in [1.54, 1.807) is 5.32 Å². The lowest BCUT2D eigenvalue weighted by atomic mass is 10.1. The first kappa shape index (κ1) is 9.19. The van der Waals surface area contributed by atoms with E-state index in [1.807, 2.05) is 0 Å². The molecule has 0 unspecified atom stereocenters. The highest BCUT2D eigenvalue weighted by Crippen LogP contribution is 2.07. The summed E-state index contributed by atoms with van der Waals surface area (Å²) in [7, 11) is 0. The summed E-state index contributed by atoms with van der Waals surface area (Å²) < 4.78 is 0. The molecule has 0 atom stereocenters. The Hall–Kier alpha value is -0.810. The van der Waals surface area contributed by atoms with E-state index in [9.17, 15) is 4.79 Å². The standard InChI is InChI=1S/C5H12N2O3/c1-3(2)5(9,10)7-4(6)8/h3,9-10H,1-2H3,(H3,6,7,8). The molecular formula is C5H12N2O3. The van der Waals surface area contributed by atoms with E-state index in [1.165, 1.54) is 13.8 Å². The number of rotatable bonds is 2. The fourth-order valence-electron chi connectivity index (χ4n) is 0.326. The average molecular weight is 148 g/mol. The van der Waals surface area contributed by atoms with Crippen molar-refractivity contribution in [3.05, 3.63) is 0 Å². The average Bonchev–Trinajstić information content (AvgIpc) is 1.60. The number of aliphatic hydroxyl groups is 2. The first-order chi connectivity index (χ1) is 4.36. The molecule has 5 N–H and O–H groups in total. The van der Waals surface area contributed by atoms with Gasteiger partial charge >= 0.3 is 6.03 Å². The largest absolute Gasteiger partial charge is 0.352 e. The van der Waals surface area contributed by atoms with Gasteiger partial charge in [0.15, 0.2) is 0 Å². The second kappa shape index (κ2) is 2.85. The molecule has 0 aromatic heterocycles. The van der Waals surface area contributed by atoms with Gasteiger partial charge in [-0.3, -0.25) is 5.32 Å². The molecule has 0 heterocycles. The summed E-state index contributed by atoms with van der Waals surface area (Å²) >= 11 is 0. The maximum absolute atomic E-state index is 10.1. The number of nitrogens with one attached hydrogen (secondary N) is 1. The fourth-order valence-corrected chi connectivity index (χ4v) is 0.326. The molecule has 5 heteroatoms. The van der Waals surface area contributed by atoms with Gasteiger partial charge in [0.25, 0.3) is 0 Å². The second-order valence-corrected chi connectivity index (χ2v) is 2.37. The monoisotopic (exact) mass is 148 g/mol. The lowest BCUT2D eigenvalue weighted by Gasteiger charge is -2.25. The van der Waals surface area contributed by atoms with E-state index in [0.717, 1.165) is 0 Å². The molecule has 0 saturated carbocycles. The van der Waals surface area contributed by atoms with E-state index in [0.29, 0.717) is 0 Å². The van der Waals surface area contributed by atoms with E-state index in [4.69, 9.17) is 10.2 Å². The van der Waals surface area contributed by atoms with Gasteiger partial charge in [-0.1, -0.05) is 13.8 Å². The summed E-state index contributed by atoms with van der Waals surface area (Å²) in [5, 5.41) is 19.6. The highest BCUT2D eigenvalue weighted by Gasteiger charge is 2.28. The van der Waals surface area contributed by atoms with Gasteiger partial charge < -0.3 is 15.9 Å². The van der Waals surface area contributed by atoms with Crippen molar-refractivity contribution in [2.75, 3.05) is 0 Å². The van der Waals surface area contributed by atoms with Crippen molar-refractivity contribution in [1.82, 2.24) is 5.32 Å². The van der Waals surface area contributed by atoms with Crippen LogP contribution in [0.15, 0.2) is 0 Å². The van der Waals surface area contributed by atoms with Gasteiger partial charge in [-0.15, -0.1) is 0 Å². The van der Waals surface area contributed by atoms with Crippen LogP contribution < -0.4 is 11.1 Å². The third kappa shape index (κ3) is 2.65. The molecule has 0 radical (unpaired) electrons. The van der Waals surface area contributed by atoms with E-state index < -0.39 is 17.9 Å². The zero-order chi connectivity index (χ0) is 8.36.